The Bertz CT molecular complexity index is 193. The molecule has 0 spiro atoms. The van der Waals surface area contributed by atoms with Gasteiger partial charge in [0.25, 0.3) is 0 Å². The van der Waals surface area contributed by atoms with E-state index >= 15 is 0 Å². The Kier molecular flexibility index (Phi) is 2.36. The maximum atomic E-state index is 10.8. The fourth-order valence-electron chi connectivity index (χ4n) is 1.30. The van der Waals surface area contributed by atoms with Crippen molar-refractivity contribution in [2.75, 3.05) is 13.1 Å². The summed E-state index contributed by atoms with van der Waals surface area (Å²) in [6.45, 7) is 4.71. The van der Waals surface area contributed by atoms with E-state index in [1.54, 1.807) is 0 Å². The summed E-state index contributed by atoms with van der Waals surface area (Å²) in [5, 5.41) is 13.5. The number of nitrogens with two attached hydrogens (primary N) is 1. The fraction of sp³-hybridized carbons (Fsp3) is 0.857. The lowest BCUT2D eigenvalue weighted by atomic mass is 10.0. The van der Waals surface area contributed by atoms with Crippen molar-refractivity contribution in [1.29, 1.82) is 0 Å². The van der Waals surface area contributed by atoms with Crippen LogP contribution in [-0.2, 0) is 4.79 Å². The predicted molar refractivity (Wildman–Crippen MR) is 43.6 cm³/mol. The largest absolute Gasteiger partial charge is 0.368 e. The van der Waals surface area contributed by atoms with Gasteiger partial charge in [-0.15, -0.1) is 0 Å². The van der Waals surface area contributed by atoms with E-state index in [0.29, 0.717) is 13.1 Å². The van der Waals surface area contributed by atoms with E-state index in [2.05, 4.69) is 5.32 Å². The Morgan fingerprint density at radius 2 is 2.33 bits per heavy atom. The lowest BCUT2D eigenvalue weighted by Crippen LogP contribution is -2.63. The lowest BCUT2D eigenvalue weighted by Gasteiger charge is -2.39. The van der Waals surface area contributed by atoms with Crippen molar-refractivity contribution in [1.82, 2.24) is 10.4 Å². The van der Waals surface area contributed by atoms with Crippen LogP contribution in [0, 0.1) is 0 Å². The summed E-state index contributed by atoms with van der Waals surface area (Å²) in [7, 11) is 0. The lowest BCUT2D eigenvalue weighted by molar-refractivity contribution is -0.167. The Morgan fingerprint density at radius 1 is 1.75 bits per heavy atom. The highest BCUT2D eigenvalue weighted by Crippen LogP contribution is 2.12. The van der Waals surface area contributed by atoms with Crippen LogP contribution < -0.4 is 11.1 Å². The number of amides is 1. The van der Waals surface area contributed by atoms with Crippen molar-refractivity contribution in [2.24, 2.45) is 5.73 Å². The van der Waals surface area contributed by atoms with Crippen LogP contribution >= 0.6 is 0 Å². The molecule has 5 heteroatoms. The van der Waals surface area contributed by atoms with E-state index in [4.69, 9.17) is 5.73 Å². The molecule has 0 saturated carbocycles. The van der Waals surface area contributed by atoms with Gasteiger partial charge in [-0.2, -0.15) is 5.06 Å². The standard InChI is InChI=1S/C7H15N3O2/c1-7(2)4-10(12)5(3-9-7)6(8)11/h5,9,12H,3-4H2,1-2H3,(H2,8,11). The molecule has 1 rings (SSSR count). The smallest absolute Gasteiger partial charge is 0.238 e. The summed E-state index contributed by atoms with van der Waals surface area (Å²) in [5.74, 6) is -0.500. The molecule has 0 aromatic heterocycles. The molecule has 1 aliphatic rings. The predicted octanol–water partition coefficient (Wildman–Crippen LogP) is -1.09. The third kappa shape index (κ3) is 1.94. The number of hydrogen-bond donors (Lipinski definition) is 3. The van der Waals surface area contributed by atoms with Crippen molar-refractivity contribution in [2.45, 2.75) is 25.4 Å². The van der Waals surface area contributed by atoms with E-state index in [0.717, 1.165) is 5.06 Å². The van der Waals surface area contributed by atoms with E-state index in [-0.39, 0.29) is 5.54 Å². The van der Waals surface area contributed by atoms with Crippen LogP contribution in [-0.4, -0.2) is 40.8 Å². The molecule has 4 N–H and O–H groups in total. The molecule has 0 aliphatic carbocycles. The van der Waals surface area contributed by atoms with Crippen molar-refractivity contribution >= 4 is 5.91 Å². The van der Waals surface area contributed by atoms with Crippen LogP contribution in [0.15, 0.2) is 0 Å². The molecule has 0 aromatic carbocycles. The van der Waals surface area contributed by atoms with Gasteiger partial charge in [-0.3, -0.25) is 4.79 Å². The second kappa shape index (κ2) is 3.01. The highest BCUT2D eigenvalue weighted by molar-refractivity contribution is 5.80. The van der Waals surface area contributed by atoms with Gasteiger partial charge in [0.1, 0.15) is 6.04 Å². The van der Waals surface area contributed by atoms with Gasteiger partial charge in [-0.1, -0.05) is 0 Å². The SMILES string of the molecule is CC1(C)CN(O)C(C(N)=O)CN1. The molecule has 1 aliphatic heterocycles. The van der Waals surface area contributed by atoms with Crippen LogP contribution in [0.4, 0.5) is 0 Å². The number of rotatable bonds is 1. The van der Waals surface area contributed by atoms with Gasteiger partial charge in [0.05, 0.1) is 0 Å². The van der Waals surface area contributed by atoms with Crippen LogP contribution in [0.2, 0.25) is 0 Å². The second-order valence-corrected chi connectivity index (χ2v) is 3.78. The van der Waals surface area contributed by atoms with Crippen molar-refractivity contribution in [3.8, 4) is 0 Å². The molecule has 1 heterocycles. The molecule has 1 saturated heterocycles. The monoisotopic (exact) mass is 173 g/mol. The summed E-state index contributed by atoms with van der Waals surface area (Å²) in [6, 6.07) is -0.599. The molecule has 0 bridgehead atoms. The summed E-state index contributed by atoms with van der Waals surface area (Å²) >= 11 is 0. The van der Waals surface area contributed by atoms with E-state index < -0.39 is 11.9 Å². The molecule has 12 heavy (non-hydrogen) atoms. The molecule has 70 valence electrons. The van der Waals surface area contributed by atoms with Crippen molar-refractivity contribution in [3.63, 3.8) is 0 Å². The molecule has 1 amide bonds. The average Bonchev–Trinajstić information content (AvgIpc) is 1.83. The van der Waals surface area contributed by atoms with Gasteiger partial charge in [0.2, 0.25) is 5.91 Å². The maximum Gasteiger partial charge on any atom is 0.238 e. The number of hydrogen-bond acceptors (Lipinski definition) is 4. The minimum Gasteiger partial charge on any atom is -0.368 e. The molecule has 5 nitrogen and oxygen atoms in total. The first-order valence-corrected chi connectivity index (χ1v) is 3.92. The number of nitrogens with one attached hydrogen (secondary N) is 1. The van der Waals surface area contributed by atoms with Gasteiger partial charge in [-0.25, -0.2) is 0 Å². The first-order valence-electron chi connectivity index (χ1n) is 3.92. The van der Waals surface area contributed by atoms with Gasteiger partial charge in [0.15, 0.2) is 0 Å². The summed E-state index contributed by atoms with van der Waals surface area (Å²) in [4.78, 5) is 10.8. The van der Waals surface area contributed by atoms with Gasteiger partial charge in [0, 0.05) is 18.6 Å². The third-order valence-electron chi connectivity index (χ3n) is 2.02. The second-order valence-electron chi connectivity index (χ2n) is 3.78. The molecule has 1 fully saturated rings. The van der Waals surface area contributed by atoms with E-state index in [9.17, 15) is 10.0 Å². The van der Waals surface area contributed by atoms with E-state index in [1.165, 1.54) is 0 Å². The fourth-order valence-corrected chi connectivity index (χ4v) is 1.30. The number of primary amides is 1. The van der Waals surface area contributed by atoms with Crippen LogP contribution in [0.25, 0.3) is 0 Å². The molecular weight excluding hydrogens is 158 g/mol. The van der Waals surface area contributed by atoms with E-state index in [1.807, 2.05) is 13.8 Å². The number of carbonyl (C=O) groups is 1. The Labute approximate surface area is 71.5 Å². The van der Waals surface area contributed by atoms with Crippen molar-refractivity contribution in [3.05, 3.63) is 0 Å². The third-order valence-corrected chi connectivity index (χ3v) is 2.02. The Morgan fingerprint density at radius 3 is 2.75 bits per heavy atom. The highest BCUT2D eigenvalue weighted by Gasteiger charge is 2.34. The first kappa shape index (κ1) is 9.44. The quantitative estimate of drug-likeness (QED) is 0.471. The van der Waals surface area contributed by atoms with Gasteiger partial charge < -0.3 is 16.3 Å². The zero-order chi connectivity index (χ0) is 9.35. The number of hydroxylamine groups is 2. The summed E-state index contributed by atoms with van der Waals surface area (Å²) < 4.78 is 0. The van der Waals surface area contributed by atoms with Crippen molar-refractivity contribution < 1.29 is 10.0 Å². The van der Waals surface area contributed by atoms with Gasteiger partial charge >= 0.3 is 0 Å². The average molecular weight is 173 g/mol. The maximum absolute atomic E-state index is 10.8. The molecule has 1 unspecified atom stereocenters. The zero-order valence-electron chi connectivity index (χ0n) is 7.37. The zero-order valence-corrected chi connectivity index (χ0v) is 7.37. The van der Waals surface area contributed by atoms with Gasteiger partial charge in [-0.05, 0) is 13.8 Å². The molecule has 1 atom stereocenters. The minimum absolute atomic E-state index is 0.166. The molecular formula is C7H15N3O2. The Balaban J connectivity index is 2.60. The number of nitrogens with zero attached hydrogens (tertiary/aromatic N) is 1. The van der Waals surface area contributed by atoms with Crippen LogP contribution in [0.1, 0.15) is 13.8 Å². The molecule has 0 radical (unpaired) electrons. The molecule has 0 aromatic rings. The Hall–Kier alpha value is -0.650. The van der Waals surface area contributed by atoms with Crippen LogP contribution in [0.3, 0.4) is 0 Å². The normalized spacial score (nSPS) is 30.1. The first-order chi connectivity index (χ1) is 5.42. The summed E-state index contributed by atoms with van der Waals surface area (Å²) in [5.41, 5.74) is 4.90. The minimum atomic E-state index is -0.599. The topological polar surface area (TPSA) is 78.6 Å². The highest BCUT2D eigenvalue weighted by atomic mass is 16.5. The van der Waals surface area contributed by atoms with Crippen LogP contribution in [0.5, 0.6) is 0 Å². The number of piperazine rings is 1. The summed E-state index contributed by atoms with van der Waals surface area (Å²) in [6.07, 6.45) is 0. The number of carbonyl (C=O) groups excluding carboxylic acids is 1.